The van der Waals surface area contributed by atoms with E-state index in [9.17, 15) is 4.79 Å². The van der Waals surface area contributed by atoms with Gasteiger partial charge in [-0.2, -0.15) is 5.10 Å². The zero-order chi connectivity index (χ0) is 10.1. The van der Waals surface area contributed by atoms with E-state index in [1.807, 2.05) is 17.8 Å². The minimum Gasteiger partial charge on any atom is -0.481 e. The van der Waals surface area contributed by atoms with Crippen LogP contribution in [0, 0.1) is 5.92 Å². The highest BCUT2D eigenvalue weighted by Gasteiger charge is 2.26. The van der Waals surface area contributed by atoms with Gasteiger partial charge in [0.05, 0.1) is 11.6 Å². The van der Waals surface area contributed by atoms with Crippen LogP contribution in [0.15, 0.2) is 6.20 Å². The van der Waals surface area contributed by atoms with E-state index in [1.165, 1.54) is 5.56 Å². The van der Waals surface area contributed by atoms with Gasteiger partial charge in [-0.1, -0.05) is 0 Å². The summed E-state index contributed by atoms with van der Waals surface area (Å²) in [4.78, 5) is 10.8. The first kappa shape index (κ1) is 12.0. The van der Waals surface area contributed by atoms with Gasteiger partial charge in [0.1, 0.15) is 0 Å². The normalized spacial score (nSPS) is 19.1. The molecule has 1 unspecified atom stereocenters. The molecule has 0 aliphatic heterocycles. The minimum absolute atomic E-state index is 0. The average Bonchev–Trinajstić information content (AvgIpc) is 2.58. The Morgan fingerprint density at radius 2 is 2.47 bits per heavy atom. The number of carboxylic acids is 1. The van der Waals surface area contributed by atoms with Gasteiger partial charge in [0, 0.05) is 19.2 Å². The Balaban J connectivity index is 0.00000112. The Kier molecular flexibility index (Phi) is 3.74. The molecule has 1 aliphatic carbocycles. The number of aromatic nitrogens is 2. The molecule has 0 saturated heterocycles. The van der Waals surface area contributed by atoms with Crippen molar-refractivity contribution in [1.82, 2.24) is 9.78 Å². The van der Waals surface area contributed by atoms with Crippen molar-refractivity contribution >= 4 is 18.4 Å². The molecule has 1 aromatic heterocycles. The predicted octanol–water partition coefficient (Wildman–Crippen LogP) is 1.51. The second kappa shape index (κ2) is 4.66. The summed E-state index contributed by atoms with van der Waals surface area (Å²) in [6.45, 7) is 2.89. The number of fused-ring (bicyclic) bond motifs is 1. The number of carboxylic acid groups (broad SMARTS) is 1. The lowest BCUT2D eigenvalue weighted by Gasteiger charge is -2.16. The summed E-state index contributed by atoms with van der Waals surface area (Å²) in [5.74, 6) is -0.926. The topological polar surface area (TPSA) is 55.1 Å². The molecule has 2 rings (SSSR count). The molecule has 1 aliphatic rings. The van der Waals surface area contributed by atoms with Gasteiger partial charge in [-0.15, -0.1) is 12.4 Å². The van der Waals surface area contributed by atoms with Crippen molar-refractivity contribution in [2.75, 3.05) is 0 Å². The molecule has 0 fully saturated rings. The van der Waals surface area contributed by atoms with Crippen molar-refractivity contribution in [1.29, 1.82) is 0 Å². The highest BCUT2D eigenvalue weighted by Crippen LogP contribution is 2.24. The molecule has 1 aromatic rings. The van der Waals surface area contributed by atoms with Gasteiger partial charge in [-0.05, 0) is 25.3 Å². The fraction of sp³-hybridized carbons (Fsp3) is 0.600. The first-order valence-electron chi connectivity index (χ1n) is 4.98. The van der Waals surface area contributed by atoms with Crippen LogP contribution in [0.3, 0.4) is 0 Å². The zero-order valence-electron chi connectivity index (χ0n) is 8.64. The third-order valence-corrected chi connectivity index (χ3v) is 2.80. The largest absolute Gasteiger partial charge is 0.481 e. The maximum Gasteiger partial charge on any atom is 0.306 e. The minimum atomic E-state index is -0.693. The number of aryl methyl sites for hydroxylation is 2. The van der Waals surface area contributed by atoms with Gasteiger partial charge in [0.15, 0.2) is 0 Å². The van der Waals surface area contributed by atoms with E-state index in [0.29, 0.717) is 6.42 Å². The molecule has 0 saturated carbocycles. The molecule has 15 heavy (non-hydrogen) atoms. The average molecular weight is 231 g/mol. The first-order chi connectivity index (χ1) is 6.70. The molecule has 0 spiro atoms. The standard InChI is InChI=1S/C10H14N2O2.ClH/c1-2-12-6-8-4-3-7(10(13)14)5-9(8)11-12;/h6-7H,2-5H2,1H3,(H,13,14);1H. The summed E-state index contributed by atoms with van der Waals surface area (Å²) in [6, 6.07) is 0. The molecule has 1 heterocycles. The molecule has 0 amide bonds. The van der Waals surface area contributed by atoms with Gasteiger partial charge in [-0.25, -0.2) is 0 Å². The first-order valence-corrected chi connectivity index (χ1v) is 4.98. The summed E-state index contributed by atoms with van der Waals surface area (Å²) < 4.78 is 1.88. The fourth-order valence-corrected chi connectivity index (χ4v) is 1.92. The lowest BCUT2D eigenvalue weighted by molar-refractivity contribution is -0.142. The quantitative estimate of drug-likeness (QED) is 0.838. The maximum atomic E-state index is 10.8. The zero-order valence-corrected chi connectivity index (χ0v) is 9.46. The molecule has 0 radical (unpaired) electrons. The lowest BCUT2D eigenvalue weighted by Crippen LogP contribution is -2.21. The number of carbonyl (C=O) groups is 1. The Morgan fingerprint density at radius 3 is 3.07 bits per heavy atom. The molecule has 4 nitrogen and oxygen atoms in total. The van der Waals surface area contributed by atoms with E-state index in [0.717, 1.165) is 25.1 Å². The van der Waals surface area contributed by atoms with Gasteiger partial charge in [0.25, 0.3) is 0 Å². The second-order valence-electron chi connectivity index (χ2n) is 3.73. The lowest BCUT2D eigenvalue weighted by atomic mass is 9.88. The van der Waals surface area contributed by atoms with Crippen LogP contribution in [0.2, 0.25) is 0 Å². The van der Waals surface area contributed by atoms with Crippen LogP contribution in [0.25, 0.3) is 0 Å². The molecule has 84 valence electrons. The fourth-order valence-electron chi connectivity index (χ4n) is 1.92. The summed E-state index contributed by atoms with van der Waals surface area (Å²) in [5.41, 5.74) is 2.20. The molecule has 5 heteroatoms. The highest BCUT2D eigenvalue weighted by molar-refractivity contribution is 5.85. The van der Waals surface area contributed by atoms with Gasteiger partial charge >= 0.3 is 5.97 Å². The summed E-state index contributed by atoms with van der Waals surface area (Å²) >= 11 is 0. The Hall–Kier alpha value is -1.03. The SMILES string of the molecule is CCn1cc2c(n1)CC(C(=O)O)CC2.Cl. The summed E-state index contributed by atoms with van der Waals surface area (Å²) in [5, 5.41) is 13.2. The van der Waals surface area contributed by atoms with E-state index in [4.69, 9.17) is 5.11 Å². The smallest absolute Gasteiger partial charge is 0.306 e. The Bertz CT molecular complexity index is 362. The molecule has 0 aromatic carbocycles. The van der Waals surface area contributed by atoms with E-state index in [-0.39, 0.29) is 18.3 Å². The second-order valence-corrected chi connectivity index (χ2v) is 3.73. The number of rotatable bonds is 2. The summed E-state index contributed by atoms with van der Waals surface area (Å²) in [7, 11) is 0. The monoisotopic (exact) mass is 230 g/mol. The van der Waals surface area contributed by atoms with Crippen LogP contribution in [0.4, 0.5) is 0 Å². The molecule has 1 atom stereocenters. The molecule has 0 bridgehead atoms. The number of hydrogen-bond donors (Lipinski definition) is 1. The number of aliphatic carboxylic acids is 1. The third kappa shape index (κ3) is 2.31. The van der Waals surface area contributed by atoms with E-state index in [2.05, 4.69) is 5.10 Å². The van der Waals surface area contributed by atoms with E-state index in [1.54, 1.807) is 0 Å². The van der Waals surface area contributed by atoms with E-state index < -0.39 is 5.97 Å². The van der Waals surface area contributed by atoms with Gasteiger partial charge < -0.3 is 5.11 Å². The number of hydrogen-bond acceptors (Lipinski definition) is 2. The summed E-state index contributed by atoms with van der Waals surface area (Å²) in [6.07, 6.45) is 4.23. The molecular formula is C10H15ClN2O2. The highest BCUT2D eigenvalue weighted by atomic mass is 35.5. The Labute approximate surface area is 94.7 Å². The van der Waals surface area contributed by atoms with Crippen molar-refractivity contribution < 1.29 is 9.90 Å². The van der Waals surface area contributed by atoms with Crippen molar-refractivity contribution in [3.05, 3.63) is 17.5 Å². The van der Waals surface area contributed by atoms with Crippen molar-refractivity contribution in [2.45, 2.75) is 32.7 Å². The van der Waals surface area contributed by atoms with Crippen LogP contribution in [0.5, 0.6) is 0 Å². The molecule has 1 N–H and O–H groups in total. The van der Waals surface area contributed by atoms with Crippen molar-refractivity contribution in [3.8, 4) is 0 Å². The van der Waals surface area contributed by atoms with E-state index >= 15 is 0 Å². The van der Waals surface area contributed by atoms with Gasteiger partial charge in [-0.3, -0.25) is 9.48 Å². The Morgan fingerprint density at radius 1 is 1.73 bits per heavy atom. The van der Waals surface area contributed by atoms with Crippen LogP contribution < -0.4 is 0 Å². The van der Waals surface area contributed by atoms with Crippen LogP contribution >= 0.6 is 12.4 Å². The molecular weight excluding hydrogens is 216 g/mol. The van der Waals surface area contributed by atoms with Crippen molar-refractivity contribution in [2.24, 2.45) is 5.92 Å². The van der Waals surface area contributed by atoms with Crippen LogP contribution in [-0.4, -0.2) is 20.9 Å². The maximum absolute atomic E-state index is 10.8. The van der Waals surface area contributed by atoms with Crippen molar-refractivity contribution in [3.63, 3.8) is 0 Å². The predicted molar refractivity (Wildman–Crippen MR) is 58.3 cm³/mol. The van der Waals surface area contributed by atoms with Crippen LogP contribution in [0.1, 0.15) is 24.6 Å². The number of nitrogens with zero attached hydrogens (tertiary/aromatic N) is 2. The van der Waals surface area contributed by atoms with Gasteiger partial charge in [0.2, 0.25) is 0 Å². The number of halogens is 1. The third-order valence-electron chi connectivity index (χ3n) is 2.80. The van der Waals surface area contributed by atoms with Crippen LogP contribution in [-0.2, 0) is 24.2 Å².